The van der Waals surface area contributed by atoms with Crippen LogP contribution in [-0.4, -0.2) is 59.1 Å². The van der Waals surface area contributed by atoms with Crippen molar-refractivity contribution >= 4 is 11.8 Å². The molecule has 3 rings (SSSR count). The van der Waals surface area contributed by atoms with Gasteiger partial charge in [0, 0.05) is 25.8 Å². The monoisotopic (exact) mass is 278 g/mol. The summed E-state index contributed by atoms with van der Waals surface area (Å²) in [5.74, 6) is 0.452. The van der Waals surface area contributed by atoms with Gasteiger partial charge in [-0.1, -0.05) is 0 Å². The van der Waals surface area contributed by atoms with Crippen molar-refractivity contribution in [1.82, 2.24) is 15.1 Å². The third-order valence-electron chi connectivity index (χ3n) is 3.57. The van der Waals surface area contributed by atoms with Crippen molar-refractivity contribution < 1.29 is 14.3 Å². The van der Waals surface area contributed by atoms with Crippen LogP contribution in [0.4, 0.5) is 10.6 Å². The lowest BCUT2D eigenvalue weighted by atomic mass is 9.99. The molecule has 2 amide bonds. The van der Waals surface area contributed by atoms with Crippen LogP contribution >= 0.6 is 0 Å². The molecule has 0 aliphatic carbocycles. The van der Waals surface area contributed by atoms with Crippen LogP contribution in [0.25, 0.3) is 0 Å². The highest BCUT2D eigenvalue weighted by Gasteiger charge is 2.44. The lowest BCUT2D eigenvalue weighted by Crippen LogP contribution is -2.57. The van der Waals surface area contributed by atoms with Gasteiger partial charge < -0.3 is 14.4 Å². The highest BCUT2D eigenvalue weighted by atomic mass is 16.6. The molecule has 2 aliphatic rings. The zero-order valence-corrected chi connectivity index (χ0v) is 11.4. The van der Waals surface area contributed by atoms with Crippen LogP contribution in [0.3, 0.4) is 0 Å². The Labute approximate surface area is 117 Å². The minimum absolute atomic E-state index is 0.00180. The Morgan fingerprint density at radius 1 is 1.60 bits per heavy atom. The molecule has 2 saturated heterocycles. The maximum absolute atomic E-state index is 12.3. The first kappa shape index (κ1) is 13.3. The molecule has 7 nitrogen and oxygen atoms in total. The average Bonchev–Trinajstić information content (AvgIpc) is 2.86. The molecule has 108 valence electrons. The predicted octanol–water partition coefficient (Wildman–Crippen LogP) is 0.888. The Hall–Kier alpha value is -1.73. The van der Waals surface area contributed by atoms with E-state index in [1.165, 1.54) is 0 Å². The van der Waals surface area contributed by atoms with Gasteiger partial charge >= 0.3 is 6.03 Å². The van der Waals surface area contributed by atoms with Gasteiger partial charge in [0.25, 0.3) is 0 Å². The number of hydrogen-bond donors (Lipinski definition) is 1. The molecular formula is C13H18N4O3. The van der Waals surface area contributed by atoms with E-state index in [2.05, 4.69) is 15.5 Å². The first-order chi connectivity index (χ1) is 9.67. The van der Waals surface area contributed by atoms with Crippen molar-refractivity contribution in [2.45, 2.75) is 25.0 Å². The Balaban J connectivity index is 1.68. The number of ether oxygens (including phenoxy) is 2. The predicted molar refractivity (Wildman–Crippen MR) is 71.3 cm³/mol. The van der Waals surface area contributed by atoms with Crippen molar-refractivity contribution in [2.75, 3.05) is 31.6 Å². The largest absolute Gasteiger partial charge is 0.378 e. The van der Waals surface area contributed by atoms with Crippen molar-refractivity contribution in [3.63, 3.8) is 0 Å². The van der Waals surface area contributed by atoms with E-state index in [9.17, 15) is 4.79 Å². The topological polar surface area (TPSA) is 76.6 Å². The third kappa shape index (κ3) is 2.73. The Kier molecular flexibility index (Phi) is 3.54. The summed E-state index contributed by atoms with van der Waals surface area (Å²) in [4.78, 5) is 14.1. The van der Waals surface area contributed by atoms with E-state index in [-0.39, 0.29) is 17.7 Å². The molecule has 0 aromatic carbocycles. The fourth-order valence-electron chi connectivity index (χ4n) is 2.74. The summed E-state index contributed by atoms with van der Waals surface area (Å²) in [5, 5.41) is 10.4. The minimum Gasteiger partial charge on any atom is -0.378 e. The summed E-state index contributed by atoms with van der Waals surface area (Å²) >= 11 is 0. The number of nitrogens with one attached hydrogen (secondary N) is 1. The zero-order chi connectivity index (χ0) is 14.0. The van der Waals surface area contributed by atoms with E-state index in [4.69, 9.17) is 9.47 Å². The second kappa shape index (κ2) is 5.34. The van der Waals surface area contributed by atoms with Crippen molar-refractivity contribution in [2.24, 2.45) is 0 Å². The molecule has 0 bridgehead atoms. The Morgan fingerprint density at radius 3 is 3.20 bits per heavy atom. The highest BCUT2D eigenvalue weighted by molar-refractivity contribution is 5.88. The maximum Gasteiger partial charge on any atom is 0.323 e. The van der Waals surface area contributed by atoms with Crippen molar-refractivity contribution in [3.05, 3.63) is 18.3 Å². The van der Waals surface area contributed by atoms with Crippen molar-refractivity contribution in [3.8, 4) is 0 Å². The number of morpholine rings is 1. The number of carbonyl (C=O) groups is 1. The van der Waals surface area contributed by atoms with Crippen LogP contribution in [0.5, 0.6) is 0 Å². The smallest absolute Gasteiger partial charge is 0.323 e. The summed E-state index contributed by atoms with van der Waals surface area (Å²) in [6, 6.07) is 3.27. The molecule has 0 unspecified atom stereocenters. The Bertz CT molecular complexity index is 476. The summed E-state index contributed by atoms with van der Waals surface area (Å²) in [6.45, 7) is 4.32. The van der Waals surface area contributed by atoms with Crippen LogP contribution in [0.1, 0.15) is 13.3 Å². The van der Waals surface area contributed by atoms with Crippen LogP contribution in [0.15, 0.2) is 18.3 Å². The molecule has 2 fully saturated rings. The molecule has 1 N–H and O–H groups in total. The Morgan fingerprint density at radius 2 is 2.50 bits per heavy atom. The van der Waals surface area contributed by atoms with Gasteiger partial charge in [-0.15, -0.1) is 5.10 Å². The standard InChI is InChI=1S/C13H18N4O3/c1-10-7-17(8-13(20-10)4-6-19-9-13)12(18)15-11-3-2-5-14-16-11/h2-3,5,10H,4,6-9H2,1H3,(H,15,16,18)/t10-,13-/m0/s1. The second-order valence-electron chi connectivity index (χ2n) is 5.33. The van der Waals surface area contributed by atoms with Gasteiger partial charge in [-0.3, -0.25) is 5.32 Å². The molecule has 0 saturated carbocycles. The number of nitrogens with zero attached hydrogens (tertiary/aromatic N) is 3. The third-order valence-corrected chi connectivity index (χ3v) is 3.57. The zero-order valence-electron chi connectivity index (χ0n) is 11.4. The fraction of sp³-hybridized carbons (Fsp3) is 0.615. The lowest BCUT2D eigenvalue weighted by molar-refractivity contribution is -0.136. The van der Waals surface area contributed by atoms with Gasteiger partial charge in [0.2, 0.25) is 0 Å². The second-order valence-corrected chi connectivity index (χ2v) is 5.33. The molecule has 20 heavy (non-hydrogen) atoms. The molecule has 2 atom stereocenters. The van der Waals surface area contributed by atoms with E-state index in [0.717, 1.165) is 6.42 Å². The first-order valence-corrected chi connectivity index (χ1v) is 6.76. The van der Waals surface area contributed by atoms with Crippen LogP contribution < -0.4 is 5.32 Å². The highest BCUT2D eigenvalue weighted by Crippen LogP contribution is 2.30. The molecular weight excluding hydrogens is 260 g/mol. The average molecular weight is 278 g/mol. The van der Waals surface area contributed by atoms with Gasteiger partial charge in [0.15, 0.2) is 5.82 Å². The molecule has 3 heterocycles. The quantitative estimate of drug-likeness (QED) is 0.825. The molecule has 0 radical (unpaired) electrons. The molecule has 1 aromatic heterocycles. The maximum atomic E-state index is 12.3. The number of hydrogen-bond acceptors (Lipinski definition) is 5. The summed E-state index contributed by atoms with van der Waals surface area (Å²) in [6.07, 6.45) is 2.39. The lowest BCUT2D eigenvalue weighted by Gasteiger charge is -2.42. The molecule has 1 spiro atoms. The fourth-order valence-corrected chi connectivity index (χ4v) is 2.74. The van der Waals surface area contributed by atoms with Gasteiger partial charge in [-0.2, -0.15) is 5.10 Å². The van der Waals surface area contributed by atoms with Gasteiger partial charge in [0.1, 0.15) is 5.60 Å². The molecule has 1 aromatic rings. The van der Waals surface area contributed by atoms with Gasteiger partial charge in [0.05, 0.1) is 19.3 Å². The van der Waals surface area contributed by atoms with Crippen LogP contribution in [-0.2, 0) is 9.47 Å². The molecule has 7 heteroatoms. The number of carbonyl (C=O) groups excluding carboxylic acids is 1. The normalized spacial score (nSPS) is 29.6. The first-order valence-electron chi connectivity index (χ1n) is 6.76. The molecule has 2 aliphatic heterocycles. The van der Waals surface area contributed by atoms with Crippen LogP contribution in [0, 0.1) is 0 Å². The summed E-state index contributed by atoms with van der Waals surface area (Å²) in [7, 11) is 0. The van der Waals surface area contributed by atoms with Crippen LogP contribution in [0.2, 0.25) is 0 Å². The number of aromatic nitrogens is 2. The summed E-state index contributed by atoms with van der Waals surface area (Å²) in [5.41, 5.74) is -0.350. The van der Waals surface area contributed by atoms with Gasteiger partial charge in [-0.25, -0.2) is 4.79 Å². The number of amides is 2. The number of anilines is 1. The van der Waals surface area contributed by atoms with E-state index >= 15 is 0 Å². The van der Waals surface area contributed by atoms with E-state index in [1.807, 2.05) is 6.92 Å². The minimum atomic E-state index is -0.350. The number of urea groups is 1. The SMILES string of the molecule is C[C@H]1CN(C(=O)Nc2cccnn2)C[C@]2(CCOC2)O1. The van der Waals surface area contributed by atoms with E-state index < -0.39 is 0 Å². The van der Waals surface area contributed by atoms with Crippen molar-refractivity contribution in [1.29, 1.82) is 0 Å². The van der Waals surface area contributed by atoms with E-state index in [1.54, 1.807) is 23.2 Å². The van der Waals surface area contributed by atoms with E-state index in [0.29, 0.717) is 32.1 Å². The number of rotatable bonds is 1. The van der Waals surface area contributed by atoms with Gasteiger partial charge in [-0.05, 0) is 19.1 Å². The summed E-state index contributed by atoms with van der Waals surface area (Å²) < 4.78 is 11.4.